The average Bonchev–Trinajstić information content (AvgIpc) is 2.10. The number of halogens is 10. The molecule has 1 N–H and O–H groups in total. The van der Waals surface area contributed by atoms with Crippen LogP contribution in [0.2, 0.25) is 0 Å². The van der Waals surface area contributed by atoms with Crippen LogP contribution in [-0.2, 0) is 20.4 Å². The zero-order chi connectivity index (χ0) is 17.7. The Bertz CT molecular complexity index is 609. The number of rotatable bonds is 5. The standard InChI is InChI=1S/C4HF10NO4S2.Na.H/c5-1(6,3(9,10)11)2(7,8)4(12,13)20(16,17)15-21(14,18)19;;/h15H;;. The molecular formula is C4H2F10NNaO4S2. The van der Waals surface area contributed by atoms with E-state index in [0.29, 0.717) is 0 Å². The van der Waals surface area contributed by atoms with Crippen molar-refractivity contribution in [2.75, 3.05) is 0 Å². The van der Waals surface area contributed by atoms with Gasteiger partial charge in [-0.3, -0.25) is 0 Å². The van der Waals surface area contributed by atoms with Crippen molar-refractivity contribution < 1.29 is 60.2 Å². The van der Waals surface area contributed by atoms with Gasteiger partial charge in [0.2, 0.25) is 0 Å². The van der Waals surface area contributed by atoms with Crippen molar-refractivity contribution in [3.63, 3.8) is 0 Å². The third-order valence-corrected chi connectivity index (χ3v) is 4.27. The van der Waals surface area contributed by atoms with Crippen LogP contribution in [0.5, 0.6) is 0 Å². The summed E-state index contributed by atoms with van der Waals surface area (Å²) < 4.78 is 161. The molecule has 0 aromatic carbocycles. The van der Waals surface area contributed by atoms with Gasteiger partial charge in [0, 0.05) is 0 Å². The fourth-order valence-corrected chi connectivity index (χ4v) is 2.65. The summed E-state index contributed by atoms with van der Waals surface area (Å²) in [4.78, 5) is 0. The van der Waals surface area contributed by atoms with E-state index in [2.05, 4.69) is 0 Å². The Kier molecular flexibility index (Phi) is 6.91. The van der Waals surface area contributed by atoms with Gasteiger partial charge in [0.1, 0.15) is 0 Å². The summed E-state index contributed by atoms with van der Waals surface area (Å²) in [5, 5.41) is -7.32. The van der Waals surface area contributed by atoms with Crippen LogP contribution in [-0.4, -0.2) is 69.7 Å². The van der Waals surface area contributed by atoms with E-state index in [9.17, 15) is 60.2 Å². The predicted molar refractivity (Wildman–Crippen MR) is 50.1 cm³/mol. The van der Waals surface area contributed by atoms with Crippen molar-refractivity contribution in [3.8, 4) is 0 Å². The summed E-state index contributed by atoms with van der Waals surface area (Å²) in [5.74, 6) is -15.2. The molecule has 0 rings (SSSR count). The molecule has 0 aromatic heterocycles. The first-order valence-electron chi connectivity index (χ1n) is 3.88. The minimum absolute atomic E-state index is 0. The molecule has 0 bridgehead atoms. The van der Waals surface area contributed by atoms with Gasteiger partial charge in [0.25, 0.3) is 10.0 Å². The molecule has 130 valence electrons. The first kappa shape index (κ1) is 24.4. The van der Waals surface area contributed by atoms with Gasteiger partial charge >= 0.3 is 63.2 Å². The third-order valence-electron chi connectivity index (χ3n) is 1.66. The Morgan fingerprint density at radius 3 is 1.23 bits per heavy atom. The first-order valence-corrected chi connectivity index (χ1v) is 6.75. The van der Waals surface area contributed by atoms with Crippen molar-refractivity contribution in [3.05, 3.63) is 0 Å². The molecule has 0 spiro atoms. The van der Waals surface area contributed by atoms with Gasteiger partial charge in [-0.2, -0.15) is 47.9 Å². The molecule has 0 saturated carbocycles. The number of sulfonamides is 1. The fraction of sp³-hybridized carbons (Fsp3) is 1.00. The quantitative estimate of drug-likeness (QED) is 0.419. The van der Waals surface area contributed by atoms with Crippen LogP contribution in [0.1, 0.15) is 0 Å². The average molecular weight is 405 g/mol. The second-order valence-corrected chi connectivity index (χ2v) is 6.25. The summed E-state index contributed by atoms with van der Waals surface area (Å²) in [6.45, 7) is 0. The van der Waals surface area contributed by atoms with Crippen LogP contribution in [0.4, 0.5) is 43.4 Å². The molecule has 0 radical (unpaired) electrons. The van der Waals surface area contributed by atoms with Gasteiger partial charge in [-0.15, -0.1) is 0 Å². The van der Waals surface area contributed by atoms with E-state index < -0.39 is 47.8 Å². The Morgan fingerprint density at radius 2 is 1.00 bits per heavy atom. The molecule has 0 unspecified atom stereocenters. The number of hydrogen-bond donors (Lipinski definition) is 1. The summed E-state index contributed by atoms with van der Waals surface area (Å²) in [7, 11) is -14.2. The summed E-state index contributed by atoms with van der Waals surface area (Å²) in [6, 6.07) is 0. The van der Waals surface area contributed by atoms with Gasteiger partial charge in [-0.1, -0.05) is 8.01 Å². The van der Waals surface area contributed by atoms with Crippen molar-refractivity contribution in [1.29, 1.82) is 0 Å². The third kappa shape index (κ3) is 4.16. The van der Waals surface area contributed by atoms with E-state index in [1.54, 1.807) is 0 Å². The van der Waals surface area contributed by atoms with Crippen molar-refractivity contribution in [2.24, 2.45) is 0 Å². The van der Waals surface area contributed by atoms with E-state index in [-0.39, 0.29) is 29.6 Å². The van der Waals surface area contributed by atoms with Crippen molar-refractivity contribution in [2.45, 2.75) is 23.3 Å². The van der Waals surface area contributed by atoms with Gasteiger partial charge in [-0.25, -0.2) is 8.42 Å². The molecular weight excluding hydrogens is 403 g/mol. The maximum absolute atomic E-state index is 12.7. The molecule has 0 aromatic rings. The number of alkyl halides is 9. The molecule has 0 aliphatic rings. The molecule has 18 heteroatoms. The molecule has 0 amide bonds. The Balaban J connectivity index is 0. The van der Waals surface area contributed by atoms with Crippen LogP contribution in [0.3, 0.4) is 0 Å². The van der Waals surface area contributed by atoms with E-state index in [1.165, 1.54) is 0 Å². The van der Waals surface area contributed by atoms with E-state index in [1.807, 2.05) is 0 Å². The van der Waals surface area contributed by atoms with Crippen molar-refractivity contribution in [1.82, 2.24) is 4.13 Å². The van der Waals surface area contributed by atoms with Gasteiger partial charge < -0.3 is 0 Å². The van der Waals surface area contributed by atoms with Gasteiger partial charge in [0.05, 0.1) is 0 Å². The minimum atomic E-state index is -7.64. The molecule has 0 heterocycles. The van der Waals surface area contributed by atoms with E-state index in [0.717, 1.165) is 0 Å². The van der Waals surface area contributed by atoms with Crippen LogP contribution >= 0.6 is 0 Å². The molecule has 0 fully saturated rings. The molecule has 0 atom stereocenters. The zero-order valence-corrected chi connectivity index (χ0v) is 10.4. The molecule has 22 heavy (non-hydrogen) atoms. The van der Waals surface area contributed by atoms with Crippen LogP contribution in [0.25, 0.3) is 0 Å². The van der Waals surface area contributed by atoms with E-state index in [4.69, 9.17) is 0 Å². The maximum atomic E-state index is 12.7. The molecule has 0 aliphatic heterocycles. The fourth-order valence-electron chi connectivity index (χ4n) is 0.713. The molecule has 0 aliphatic carbocycles. The van der Waals surface area contributed by atoms with Crippen LogP contribution < -0.4 is 4.13 Å². The summed E-state index contributed by atoms with van der Waals surface area (Å²) in [6.07, 6.45) is -7.32. The first-order chi connectivity index (χ1) is 8.71. The van der Waals surface area contributed by atoms with Crippen molar-refractivity contribution >= 4 is 50.0 Å². The molecule has 5 nitrogen and oxygen atoms in total. The predicted octanol–water partition coefficient (Wildman–Crippen LogP) is 0.897. The second kappa shape index (κ2) is 6.23. The topological polar surface area (TPSA) is 80.3 Å². The monoisotopic (exact) mass is 405 g/mol. The number of hydrogen-bond acceptors (Lipinski definition) is 4. The zero-order valence-electron chi connectivity index (χ0n) is 8.73. The second-order valence-electron chi connectivity index (χ2n) is 3.19. The van der Waals surface area contributed by atoms with Gasteiger partial charge in [-0.05, 0) is 0 Å². The van der Waals surface area contributed by atoms with Crippen LogP contribution in [0.15, 0.2) is 0 Å². The van der Waals surface area contributed by atoms with Crippen LogP contribution in [0, 0.1) is 0 Å². The number of nitrogens with one attached hydrogen (secondary N) is 1. The SMILES string of the molecule is O=S(=O)(F)NS(=O)(=O)C(F)(F)C(F)(F)C(F)(F)C(F)(F)F.[NaH]. The van der Waals surface area contributed by atoms with E-state index >= 15 is 0 Å². The Morgan fingerprint density at radius 1 is 0.682 bits per heavy atom. The Hall–Kier alpha value is 0.160. The summed E-state index contributed by atoms with van der Waals surface area (Å²) in [5.41, 5.74) is 0. The Labute approximate surface area is 137 Å². The normalized spacial score (nSPS) is 15.4. The summed E-state index contributed by atoms with van der Waals surface area (Å²) >= 11 is 0. The van der Waals surface area contributed by atoms with Gasteiger partial charge in [0.15, 0.2) is 0 Å². The molecule has 0 saturated heterocycles.